The Morgan fingerprint density at radius 1 is 0.592 bits per heavy atom. The van der Waals surface area contributed by atoms with E-state index in [1.807, 2.05) is 47.7 Å². The second kappa shape index (κ2) is 15.9. The molecule has 0 atom stereocenters. The summed E-state index contributed by atoms with van der Waals surface area (Å²) in [6.45, 7) is 2.08. The number of aryl methyl sites for hydroxylation is 1. The van der Waals surface area contributed by atoms with E-state index in [4.69, 9.17) is 0 Å². The minimum atomic E-state index is 0. The van der Waals surface area contributed by atoms with Crippen LogP contribution >= 0.6 is 11.3 Å². The van der Waals surface area contributed by atoms with Gasteiger partial charge < -0.3 is 4.57 Å². The van der Waals surface area contributed by atoms with E-state index in [-0.39, 0.29) is 32.7 Å². The molecule has 9 rings (SSSR count). The molecule has 7 aromatic carbocycles. The Kier molecular flexibility index (Phi) is 11.2. The van der Waals surface area contributed by atoms with Gasteiger partial charge in [-0.15, -0.1) is 29.5 Å². The average Bonchev–Trinajstić information content (AvgIpc) is 3.70. The first-order chi connectivity index (χ1) is 23.7. The average molecular weight is 727 g/mol. The molecule has 5 heteroatoms. The van der Waals surface area contributed by atoms with Gasteiger partial charge in [-0.1, -0.05) is 96.6 Å². The van der Waals surface area contributed by atoms with E-state index < -0.39 is 0 Å². The van der Waals surface area contributed by atoms with Gasteiger partial charge in [0.2, 0.25) is 0 Å². The zero-order chi connectivity index (χ0) is 32.9. The van der Waals surface area contributed by atoms with Gasteiger partial charge in [-0.2, -0.15) is 36.4 Å². The van der Waals surface area contributed by atoms with Gasteiger partial charge in [-0.25, -0.2) is 11.1 Å². The molecule has 4 N–H and O–H groups in total. The van der Waals surface area contributed by atoms with Crippen LogP contribution in [0.1, 0.15) is 16.7 Å². The third-order valence-electron chi connectivity index (χ3n) is 8.61. The topological polar surface area (TPSA) is 57.0 Å². The fourth-order valence-corrected chi connectivity index (χ4v) is 7.61. The predicted octanol–water partition coefficient (Wildman–Crippen LogP) is 10.8. The molecule has 0 aliphatic carbocycles. The Morgan fingerprint density at radius 3 is 2.02 bits per heavy atom. The molecule has 0 spiro atoms. The normalized spacial score (nSPS) is 10.7. The van der Waals surface area contributed by atoms with Gasteiger partial charge in [0.05, 0.1) is 0 Å². The number of aromatic nitrogens is 1. The zero-order valence-electron chi connectivity index (χ0n) is 27.3. The molecular formula is C44H35N3SY-2. The monoisotopic (exact) mass is 726 g/mol. The van der Waals surface area contributed by atoms with Gasteiger partial charge >= 0.3 is 0 Å². The Labute approximate surface area is 316 Å². The van der Waals surface area contributed by atoms with Crippen LogP contribution in [0, 0.1) is 19.1 Å². The molecule has 0 amide bonds. The molecule has 0 bridgehead atoms. The molecule has 237 valence electrons. The third-order valence-corrected chi connectivity index (χ3v) is 9.87. The molecule has 2 aromatic heterocycles. The van der Waals surface area contributed by atoms with Gasteiger partial charge in [0, 0.05) is 74.7 Å². The van der Waals surface area contributed by atoms with E-state index in [2.05, 4.69) is 157 Å². The van der Waals surface area contributed by atoms with Crippen molar-refractivity contribution in [2.75, 3.05) is 0 Å². The number of thiophene rings is 1. The summed E-state index contributed by atoms with van der Waals surface area (Å²) in [6, 6.07) is 62.7. The summed E-state index contributed by atoms with van der Waals surface area (Å²) in [7, 11) is 0. The van der Waals surface area contributed by atoms with E-state index in [1.165, 1.54) is 58.7 Å². The van der Waals surface area contributed by atoms with Crippen LogP contribution in [-0.2, 0) is 39.1 Å². The molecule has 0 aliphatic heterocycles. The second-order valence-electron chi connectivity index (χ2n) is 11.7. The summed E-state index contributed by atoms with van der Waals surface area (Å²) in [5.41, 5.74) is 9.70. The maximum atomic E-state index is 4.00. The van der Waals surface area contributed by atoms with Crippen molar-refractivity contribution < 1.29 is 32.7 Å². The van der Waals surface area contributed by atoms with Crippen LogP contribution in [0.25, 0.3) is 58.8 Å². The first-order valence-corrected chi connectivity index (χ1v) is 16.8. The molecule has 3 nitrogen and oxygen atoms in total. The zero-order valence-corrected chi connectivity index (χ0v) is 31.0. The van der Waals surface area contributed by atoms with E-state index in [9.17, 15) is 0 Å². The quantitative estimate of drug-likeness (QED) is 0.108. The summed E-state index contributed by atoms with van der Waals surface area (Å²) in [4.78, 5) is 0. The summed E-state index contributed by atoms with van der Waals surface area (Å²) < 4.78 is 5.11. The van der Waals surface area contributed by atoms with E-state index in [0.29, 0.717) is 0 Å². The number of hydrazine groups is 1. The fraction of sp³-hybridized carbons (Fsp3) is 0.0455. The van der Waals surface area contributed by atoms with Crippen LogP contribution in [0.15, 0.2) is 158 Å². The van der Waals surface area contributed by atoms with Crippen molar-refractivity contribution in [2.45, 2.75) is 13.3 Å². The molecular weight excluding hydrogens is 691 g/mol. The maximum absolute atomic E-state index is 4.00. The van der Waals surface area contributed by atoms with Gasteiger partial charge in [0.1, 0.15) is 0 Å². The Bertz CT molecular complexity index is 2450. The standard InChI is InChI=1S/C37H23NS.C7H8.H4N2.Y/c1-2-9-26(10-3-1)27-18-20-29(21-19-27)38-34-15-6-4-12-30(34)33-24-25(17-22-35(33)38)23-28-11-8-14-32-31-13-5-7-16-36(31)39-37(28)32;1-7-5-3-2-4-6-7;1-2;/h1-9,11-18,20-22,24H,23H2;2-6H,1H3;1-2H2;/q-2;;;. The molecule has 0 fully saturated rings. The van der Waals surface area contributed by atoms with Gasteiger partial charge in [-0.05, 0) is 54.4 Å². The van der Waals surface area contributed by atoms with Gasteiger partial charge in [0.25, 0.3) is 0 Å². The number of para-hydroxylation sites is 1. The van der Waals surface area contributed by atoms with E-state index in [1.54, 1.807) is 0 Å². The number of hydrogen-bond donors (Lipinski definition) is 2. The Hall–Kier alpha value is -4.42. The molecule has 0 saturated carbocycles. The van der Waals surface area contributed by atoms with Crippen LogP contribution in [0.5, 0.6) is 0 Å². The van der Waals surface area contributed by atoms with Crippen molar-refractivity contribution in [2.24, 2.45) is 11.7 Å². The number of rotatable bonds is 4. The maximum Gasteiger partial charge on any atom is 0.0452 e. The third kappa shape index (κ3) is 7.16. The fourth-order valence-electron chi connectivity index (χ4n) is 6.39. The largest absolute Gasteiger partial charge is 0.351 e. The Morgan fingerprint density at radius 2 is 1.29 bits per heavy atom. The second-order valence-corrected chi connectivity index (χ2v) is 12.7. The number of benzene rings is 7. The van der Waals surface area contributed by atoms with Gasteiger partial charge in [-0.3, -0.25) is 11.7 Å². The van der Waals surface area contributed by atoms with E-state index >= 15 is 0 Å². The number of hydrogen-bond acceptors (Lipinski definition) is 3. The van der Waals surface area contributed by atoms with Crippen molar-refractivity contribution in [3.63, 3.8) is 0 Å². The molecule has 0 saturated heterocycles. The minimum Gasteiger partial charge on any atom is -0.351 e. The van der Waals surface area contributed by atoms with Crippen molar-refractivity contribution in [3.05, 3.63) is 187 Å². The molecule has 1 radical (unpaired) electrons. The van der Waals surface area contributed by atoms with Crippen molar-refractivity contribution in [1.29, 1.82) is 0 Å². The van der Waals surface area contributed by atoms with Gasteiger partial charge in [0.15, 0.2) is 0 Å². The summed E-state index contributed by atoms with van der Waals surface area (Å²) >= 11 is 1.90. The summed E-state index contributed by atoms with van der Waals surface area (Å²) in [6.07, 6.45) is 0.912. The van der Waals surface area contributed by atoms with Crippen LogP contribution in [0.2, 0.25) is 0 Å². The number of fused-ring (bicyclic) bond motifs is 6. The number of nitrogens with zero attached hydrogens (tertiary/aromatic N) is 1. The molecule has 2 heterocycles. The van der Waals surface area contributed by atoms with Crippen LogP contribution < -0.4 is 11.7 Å². The minimum absolute atomic E-state index is 0. The van der Waals surface area contributed by atoms with E-state index in [0.717, 1.165) is 23.2 Å². The van der Waals surface area contributed by atoms with Crippen LogP contribution in [-0.4, -0.2) is 4.57 Å². The first-order valence-electron chi connectivity index (χ1n) is 16.0. The Balaban J connectivity index is 0.000000369. The molecule has 0 unspecified atom stereocenters. The smallest absolute Gasteiger partial charge is 0.0452 e. The molecule has 49 heavy (non-hydrogen) atoms. The molecule has 9 aromatic rings. The SMILES string of the molecule is Cc1ccccc1.NN.[Y].[c-]1ccccc1-c1[c-]cc(-n2c3ccccc3c3cc(Cc4cccc5c4sc4ccccc45)ccc32)cc1. The van der Waals surface area contributed by atoms with Crippen LogP contribution in [0.3, 0.4) is 0 Å². The van der Waals surface area contributed by atoms with Crippen molar-refractivity contribution in [3.8, 4) is 16.8 Å². The first kappa shape index (κ1) is 34.4. The van der Waals surface area contributed by atoms with Crippen molar-refractivity contribution in [1.82, 2.24) is 4.57 Å². The summed E-state index contributed by atoms with van der Waals surface area (Å²) in [5.74, 6) is 8.00. The summed E-state index contributed by atoms with van der Waals surface area (Å²) in [5, 5.41) is 5.27. The number of nitrogens with two attached hydrogens (primary N) is 2. The van der Waals surface area contributed by atoms with Crippen LogP contribution in [0.4, 0.5) is 0 Å². The predicted molar refractivity (Wildman–Crippen MR) is 206 cm³/mol. The van der Waals surface area contributed by atoms with Crippen molar-refractivity contribution >= 4 is 53.3 Å². The molecule has 0 aliphatic rings.